The fourth-order valence-corrected chi connectivity index (χ4v) is 1.61. The van der Waals surface area contributed by atoms with Gasteiger partial charge in [-0.05, 0) is 24.3 Å². The molecule has 0 amide bonds. The van der Waals surface area contributed by atoms with Crippen molar-refractivity contribution in [2.24, 2.45) is 16.6 Å². The predicted molar refractivity (Wildman–Crippen MR) is 78.9 cm³/mol. The zero-order chi connectivity index (χ0) is 13.5. The Balaban J connectivity index is 2.43. The van der Waals surface area contributed by atoms with Crippen molar-refractivity contribution in [3.8, 4) is 0 Å². The van der Waals surface area contributed by atoms with Gasteiger partial charge in [0.15, 0.2) is 5.96 Å². The highest BCUT2D eigenvalue weighted by Gasteiger charge is 2.05. The van der Waals surface area contributed by atoms with Gasteiger partial charge in [-0.1, -0.05) is 50.6 Å². The van der Waals surface area contributed by atoms with Crippen LogP contribution in [-0.4, -0.2) is 19.0 Å². The molecule has 0 fully saturated rings. The third-order valence-electron chi connectivity index (χ3n) is 2.86. The first kappa shape index (κ1) is 14.6. The second-order valence-corrected chi connectivity index (χ2v) is 5.31. The topological polar surface area (TPSA) is 50.4 Å². The standard InChI is InChI=1S/C15H25N3/c1-11(2)9-17-15(16)18-10-13(4)14-7-5-12(3)6-8-14/h5-8,11,13H,9-10H2,1-4H3,(H3,16,17,18). The zero-order valence-corrected chi connectivity index (χ0v) is 11.9. The maximum atomic E-state index is 5.81. The minimum Gasteiger partial charge on any atom is -0.370 e. The Bertz CT molecular complexity index is 379. The molecule has 1 rings (SSSR count). The van der Waals surface area contributed by atoms with Gasteiger partial charge in [0.25, 0.3) is 0 Å². The van der Waals surface area contributed by atoms with Crippen LogP contribution in [0.3, 0.4) is 0 Å². The minimum absolute atomic E-state index is 0.429. The molecule has 0 bridgehead atoms. The molecule has 1 aromatic rings. The minimum atomic E-state index is 0.429. The van der Waals surface area contributed by atoms with Gasteiger partial charge in [0.05, 0.1) is 0 Å². The van der Waals surface area contributed by atoms with Crippen molar-refractivity contribution in [3.05, 3.63) is 35.4 Å². The van der Waals surface area contributed by atoms with E-state index >= 15 is 0 Å². The largest absolute Gasteiger partial charge is 0.370 e. The van der Waals surface area contributed by atoms with Gasteiger partial charge in [-0.25, -0.2) is 0 Å². The van der Waals surface area contributed by atoms with E-state index in [1.54, 1.807) is 0 Å². The molecule has 100 valence electrons. The van der Waals surface area contributed by atoms with Gasteiger partial charge in [0.2, 0.25) is 0 Å². The van der Waals surface area contributed by atoms with Gasteiger partial charge in [-0.3, -0.25) is 4.99 Å². The normalized spacial score (nSPS) is 13.7. The lowest BCUT2D eigenvalue weighted by Crippen LogP contribution is -2.34. The first-order valence-electron chi connectivity index (χ1n) is 6.59. The summed E-state index contributed by atoms with van der Waals surface area (Å²) in [5.74, 6) is 1.51. The van der Waals surface area contributed by atoms with Crippen molar-refractivity contribution in [1.82, 2.24) is 5.32 Å². The maximum Gasteiger partial charge on any atom is 0.188 e. The Kier molecular flexibility index (Phi) is 5.69. The summed E-state index contributed by atoms with van der Waals surface area (Å²) in [7, 11) is 0. The van der Waals surface area contributed by atoms with Crippen LogP contribution in [0.15, 0.2) is 29.3 Å². The lowest BCUT2D eigenvalue weighted by molar-refractivity contribution is 0.656. The van der Waals surface area contributed by atoms with E-state index in [4.69, 9.17) is 5.73 Å². The summed E-state index contributed by atoms with van der Waals surface area (Å²) in [5, 5.41) is 3.18. The van der Waals surface area contributed by atoms with E-state index in [9.17, 15) is 0 Å². The van der Waals surface area contributed by atoms with Gasteiger partial charge in [0.1, 0.15) is 0 Å². The summed E-state index contributed by atoms with van der Waals surface area (Å²) in [6.07, 6.45) is 0. The van der Waals surface area contributed by atoms with Crippen LogP contribution in [0, 0.1) is 12.8 Å². The summed E-state index contributed by atoms with van der Waals surface area (Å²) >= 11 is 0. The average Bonchev–Trinajstić information content (AvgIpc) is 2.34. The molecular formula is C15H25N3. The molecule has 0 aliphatic rings. The molecule has 1 atom stereocenters. The molecule has 1 aromatic carbocycles. The Morgan fingerprint density at radius 1 is 1.22 bits per heavy atom. The smallest absolute Gasteiger partial charge is 0.188 e. The summed E-state index contributed by atoms with van der Waals surface area (Å²) < 4.78 is 0. The number of rotatable bonds is 5. The summed E-state index contributed by atoms with van der Waals surface area (Å²) in [5.41, 5.74) is 8.42. The van der Waals surface area contributed by atoms with Crippen LogP contribution in [-0.2, 0) is 0 Å². The lowest BCUT2D eigenvalue weighted by Gasteiger charge is -2.14. The number of hydrogen-bond donors (Lipinski definition) is 2. The number of nitrogens with zero attached hydrogens (tertiary/aromatic N) is 1. The molecule has 3 heteroatoms. The van der Waals surface area contributed by atoms with Crippen molar-refractivity contribution in [3.63, 3.8) is 0 Å². The molecule has 0 spiro atoms. The van der Waals surface area contributed by atoms with Crippen LogP contribution in [0.1, 0.15) is 37.8 Å². The van der Waals surface area contributed by atoms with Crippen molar-refractivity contribution >= 4 is 5.96 Å². The van der Waals surface area contributed by atoms with Crippen LogP contribution in [0.5, 0.6) is 0 Å². The van der Waals surface area contributed by atoms with Crippen LogP contribution in [0.25, 0.3) is 0 Å². The third-order valence-corrected chi connectivity index (χ3v) is 2.86. The number of aryl methyl sites for hydroxylation is 1. The van der Waals surface area contributed by atoms with Gasteiger partial charge in [0, 0.05) is 13.1 Å². The number of benzene rings is 1. The molecule has 3 N–H and O–H groups in total. The van der Waals surface area contributed by atoms with Crippen molar-refractivity contribution in [2.45, 2.75) is 33.6 Å². The van der Waals surface area contributed by atoms with E-state index < -0.39 is 0 Å². The molecule has 1 unspecified atom stereocenters. The number of nitrogens with one attached hydrogen (secondary N) is 1. The second kappa shape index (κ2) is 7.04. The van der Waals surface area contributed by atoms with Gasteiger partial charge < -0.3 is 11.1 Å². The molecular weight excluding hydrogens is 222 g/mol. The first-order valence-corrected chi connectivity index (χ1v) is 6.59. The van der Waals surface area contributed by atoms with Crippen LogP contribution >= 0.6 is 0 Å². The van der Waals surface area contributed by atoms with Gasteiger partial charge >= 0.3 is 0 Å². The first-order chi connectivity index (χ1) is 8.49. The van der Waals surface area contributed by atoms with Gasteiger partial charge in [-0.15, -0.1) is 0 Å². The Hall–Kier alpha value is -1.51. The maximum absolute atomic E-state index is 5.81. The van der Waals surface area contributed by atoms with Crippen molar-refractivity contribution in [1.29, 1.82) is 0 Å². The second-order valence-electron chi connectivity index (χ2n) is 5.31. The fraction of sp³-hybridized carbons (Fsp3) is 0.533. The zero-order valence-electron chi connectivity index (χ0n) is 11.9. The summed E-state index contributed by atoms with van der Waals surface area (Å²) in [6.45, 7) is 10.1. The molecule has 0 radical (unpaired) electrons. The summed E-state index contributed by atoms with van der Waals surface area (Å²) in [6, 6.07) is 8.62. The Labute approximate surface area is 111 Å². The highest BCUT2D eigenvalue weighted by atomic mass is 15.1. The molecule has 0 aromatic heterocycles. The van der Waals surface area contributed by atoms with E-state index in [0.717, 1.165) is 13.1 Å². The lowest BCUT2D eigenvalue weighted by atomic mass is 10.0. The molecule has 0 heterocycles. The SMILES string of the molecule is Cc1ccc(C(C)CNC(N)=NCC(C)C)cc1. The molecule has 0 saturated heterocycles. The average molecular weight is 247 g/mol. The summed E-state index contributed by atoms with van der Waals surface area (Å²) in [4.78, 5) is 4.29. The third kappa shape index (κ3) is 5.21. The number of hydrogen-bond acceptors (Lipinski definition) is 1. The Morgan fingerprint density at radius 3 is 2.39 bits per heavy atom. The molecule has 0 aliphatic heterocycles. The van der Waals surface area contributed by atoms with Crippen molar-refractivity contribution < 1.29 is 0 Å². The Morgan fingerprint density at radius 2 is 1.83 bits per heavy atom. The highest BCUT2D eigenvalue weighted by molar-refractivity contribution is 5.77. The molecule has 3 nitrogen and oxygen atoms in total. The van der Waals surface area contributed by atoms with Crippen LogP contribution < -0.4 is 11.1 Å². The van der Waals surface area contributed by atoms with E-state index in [-0.39, 0.29) is 0 Å². The van der Waals surface area contributed by atoms with E-state index in [2.05, 4.69) is 62.3 Å². The number of guanidine groups is 1. The molecule has 0 aliphatic carbocycles. The van der Waals surface area contributed by atoms with E-state index in [0.29, 0.717) is 17.8 Å². The number of aliphatic imine (C=N–C) groups is 1. The highest BCUT2D eigenvalue weighted by Crippen LogP contribution is 2.14. The number of nitrogens with two attached hydrogens (primary N) is 1. The monoisotopic (exact) mass is 247 g/mol. The van der Waals surface area contributed by atoms with Crippen molar-refractivity contribution in [2.75, 3.05) is 13.1 Å². The predicted octanol–water partition coefficient (Wildman–Crippen LogP) is 2.66. The van der Waals surface area contributed by atoms with E-state index in [1.165, 1.54) is 11.1 Å². The van der Waals surface area contributed by atoms with Crippen LogP contribution in [0.2, 0.25) is 0 Å². The van der Waals surface area contributed by atoms with Crippen LogP contribution in [0.4, 0.5) is 0 Å². The van der Waals surface area contributed by atoms with Gasteiger partial charge in [-0.2, -0.15) is 0 Å². The van der Waals surface area contributed by atoms with E-state index in [1.807, 2.05) is 0 Å². The quantitative estimate of drug-likeness (QED) is 0.621. The molecule has 18 heavy (non-hydrogen) atoms. The fourth-order valence-electron chi connectivity index (χ4n) is 1.61. The molecule has 0 saturated carbocycles.